The molecule has 3 N–H and O–H groups in total. The minimum atomic E-state index is -0.161. The van der Waals surface area contributed by atoms with Gasteiger partial charge in [0.2, 0.25) is 0 Å². The number of rotatable bonds is 7. The molecular weight excluding hydrogens is 422 g/mol. The topological polar surface area (TPSA) is 99.8 Å². The molecule has 4 rings (SSSR count). The van der Waals surface area contributed by atoms with Gasteiger partial charge in [0.25, 0.3) is 11.8 Å². The minimum Gasteiger partial charge on any atom is -0.351 e. The highest BCUT2D eigenvalue weighted by Crippen LogP contribution is 2.29. The number of benzene rings is 1. The van der Waals surface area contributed by atoms with Crippen LogP contribution in [0.15, 0.2) is 55.0 Å². The molecule has 0 fully saturated rings. The molecule has 3 heterocycles. The van der Waals surface area contributed by atoms with E-state index in [1.165, 1.54) is 11.3 Å². The van der Waals surface area contributed by atoms with Crippen molar-refractivity contribution in [3.63, 3.8) is 0 Å². The number of fused-ring (bicyclic) bond motifs is 1. The van der Waals surface area contributed by atoms with Crippen LogP contribution in [0.4, 0.5) is 0 Å². The first-order chi connectivity index (χ1) is 14.6. The Labute approximate surface area is 181 Å². The SMILES string of the molecule is O=C(NCc1ccn[nH]1)c1cccc(CCNC(=O)c2cc3c(Cl)cncc3s2)c1. The second kappa shape index (κ2) is 9.06. The Kier molecular flexibility index (Phi) is 6.06. The van der Waals surface area contributed by atoms with Gasteiger partial charge in [-0.15, -0.1) is 11.3 Å². The number of nitrogens with one attached hydrogen (secondary N) is 3. The number of thiophene rings is 1. The zero-order chi connectivity index (χ0) is 20.9. The molecule has 9 heteroatoms. The standard InChI is InChI=1S/C21H18ClN5O2S/c22-17-11-23-12-19-16(17)9-18(30-19)21(29)24-6-4-13-2-1-3-14(8-13)20(28)25-10-15-5-7-26-27-15/h1-3,5,7-9,11-12H,4,6,10H2,(H,24,29)(H,25,28)(H,26,27). The zero-order valence-corrected chi connectivity index (χ0v) is 17.4. The summed E-state index contributed by atoms with van der Waals surface area (Å²) in [6.07, 6.45) is 5.52. The lowest BCUT2D eigenvalue weighted by Gasteiger charge is -2.07. The summed E-state index contributed by atoms with van der Waals surface area (Å²) in [5, 5.41) is 13.8. The van der Waals surface area contributed by atoms with Crippen LogP contribution in [-0.4, -0.2) is 33.5 Å². The lowest BCUT2D eigenvalue weighted by Crippen LogP contribution is -2.25. The van der Waals surface area contributed by atoms with Gasteiger partial charge in [0.15, 0.2) is 0 Å². The maximum Gasteiger partial charge on any atom is 0.261 e. The van der Waals surface area contributed by atoms with Gasteiger partial charge in [-0.3, -0.25) is 19.7 Å². The fourth-order valence-electron chi connectivity index (χ4n) is 2.98. The van der Waals surface area contributed by atoms with E-state index in [1.54, 1.807) is 36.8 Å². The van der Waals surface area contributed by atoms with E-state index in [4.69, 9.17) is 11.6 Å². The summed E-state index contributed by atoms with van der Waals surface area (Å²) in [4.78, 5) is 29.4. The van der Waals surface area contributed by atoms with Gasteiger partial charge >= 0.3 is 0 Å². The first kappa shape index (κ1) is 20.1. The van der Waals surface area contributed by atoms with Crippen molar-refractivity contribution in [2.75, 3.05) is 6.54 Å². The van der Waals surface area contributed by atoms with Crippen molar-refractivity contribution in [2.45, 2.75) is 13.0 Å². The lowest BCUT2D eigenvalue weighted by atomic mass is 10.1. The van der Waals surface area contributed by atoms with E-state index < -0.39 is 0 Å². The molecule has 152 valence electrons. The van der Waals surface area contributed by atoms with Crippen molar-refractivity contribution in [2.24, 2.45) is 0 Å². The number of hydrogen-bond acceptors (Lipinski definition) is 5. The number of H-pyrrole nitrogens is 1. The molecule has 0 aliphatic heterocycles. The number of carbonyl (C=O) groups is 2. The second-order valence-corrected chi connectivity index (χ2v) is 8.11. The van der Waals surface area contributed by atoms with Crippen molar-refractivity contribution >= 4 is 44.8 Å². The molecule has 3 aromatic heterocycles. The summed E-state index contributed by atoms with van der Waals surface area (Å²) in [5.74, 6) is -0.313. The summed E-state index contributed by atoms with van der Waals surface area (Å²) < 4.78 is 0.876. The second-order valence-electron chi connectivity index (χ2n) is 6.61. The van der Waals surface area contributed by atoms with Crippen LogP contribution >= 0.6 is 22.9 Å². The third-order valence-corrected chi connectivity index (χ3v) is 5.88. The Morgan fingerprint density at radius 3 is 2.80 bits per heavy atom. The molecule has 0 aliphatic carbocycles. The first-order valence-electron chi connectivity index (χ1n) is 9.27. The molecule has 0 atom stereocenters. The predicted octanol–water partition coefficient (Wildman–Crippen LogP) is 3.58. The molecular formula is C21H18ClN5O2S. The molecule has 0 saturated heterocycles. The van der Waals surface area contributed by atoms with Crippen LogP contribution in [0.2, 0.25) is 5.02 Å². The largest absolute Gasteiger partial charge is 0.351 e. The molecule has 1 aromatic carbocycles. The van der Waals surface area contributed by atoms with E-state index >= 15 is 0 Å². The summed E-state index contributed by atoms with van der Waals surface area (Å²) in [7, 11) is 0. The summed E-state index contributed by atoms with van der Waals surface area (Å²) in [6, 6.07) is 11.0. The maximum atomic E-state index is 12.5. The monoisotopic (exact) mass is 439 g/mol. The fourth-order valence-corrected chi connectivity index (χ4v) is 4.22. The Morgan fingerprint density at radius 1 is 1.10 bits per heavy atom. The summed E-state index contributed by atoms with van der Waals surface area (Å²) in [6.45, 7) is 0.839. The Balaban J connectivity index is 1.32. The van der Waals surface area contributed by atoms with Crippen molar-refractivity contribution in [3.05, 3.63) is 81.7 Å². The molecule has 0 radical (unpaired) electrons. The molecule has 0 bridgehead atoms. The van der Waals surface area contributed by atoms with Crippen molar-refractivity contribution in [1.29, 1.82) is 0 Å². The maximum absolute atomic E-state index is 12.5. The number of carbonyl (C=O) groups excluding carboxylic acids is 2. The minimum absolute atomic E-state index is 0.152. The van der Waals surface area contributed by atoms with Gasteiger partial charge in [-0.2, -0.15) is 5.10 Å². The number of hydrogen-bond donors (Lipinski definition) is 3. The van der Waals surface area contributed by atoms with E-state index in [-0.39, 0.29) is 11.8 Å². The Hall–Kier alpha value is -3.23. The van der Waals surface area contributed by atoms with Gasteiger partial charge in [0.1, 0.15) is 0 Å². The molecule has 0 saturated carbocycles. The molecule has 30 heavy (non-hydrogen) atoms. The Bertz CT molecular complexity index is 1190. The van der Waals surface area contributed by atoms with Crippen LogP contribution in [0.1, 0.15) is 31.3 Å². The number of aromatic nitrogens is 3. The molecule has 0 unspecified atom stereocenters. The molecule has 2 amide bonds. The highest BCUT2D eigenvalue weighted by molar-refractivity contribution is 7.20. The van der Waals surface area contributed by atoms with Gasteiger partial charge in [0, 0.05) is 36.1 Å². The van der Waals surface area contributed by atoms with Crippen LogP contribution in [0.25, 0.3) is 10.1 Å². The fraction of sp³-hybridized carbons (Fsp3) is 0.143. The average Bonchev–Trinajstić information content (AvgIpc) is 3.43. The van der Waals surface area contributed by atoms with Gasteiger partial charge in [-0.1, -0.05) is 23.7 Å². The van der Waals surface area contributed by atoms with Gasteiger partial charge in [-0.05, 0) is 36.2 Å². The van der Waals surface area contributed by atoms with Crippen LogP contribution in [-0.2, 0) is 13.0 Å². The zero-order valence-electron chi connectivity index (χ0n) is 15.8. The van der Waals surface area contributed by atoms with Crippen molar-refractivity contribution in [3.8, 4) is 0 Å². The third kappa shape index (κ3) is 4.67. The Morgan fingerprint density at radius 2 is 2.00 bits per heavy atom. The van der Waals surface area contributed by atoms with E-state index in [1.807, 2.05) is 18.2 Å². The summed E-state index contributed by atoms with van der Waals surface area (Å²) in [5.41, 5.74) is 2.37. The normalized spacial score (nSPS) is 10.8. The molecule has 4 aromatic rings. The van der Waals surface area contributed by atoms with Crippen LogP contribution < -0.4 is 10.6 Å². The smallest absolute Gasteiger partial charge is 0.261 e. The average molecular weight is 440 g/mol. The van der Waals surface area contributed by atoms with Gasteiger partial charge in [0.05, 0.1) is 26.8 Å². The summed E-state index contributed by atoms with van der Waals surface area (Å²) >= 11 is 7.48. The highest BCUT2D eigenvalue weighted by atomic mass is 35.5. The van der Waals surface area contributed by atoms with Crippen molar-refractivity contribution in [1.82, 2.24) is 25.8 Å². The number of amides is 2. The first-order valence-corrected chi connectivity index (χ1v) is 10.5. The lowest BCUT2D eigenvalue weighted by molar-refractivity contribution is 0.0944. The number of aromatic amines is 1. The molecule has 0 aliphatic rings. The van der Waals surface area contributed by atoms with Crippen LogP contribution in [0.3, 0.4) is 0 Å². The van der Waals surface area contributed by atoms with Gasteiger partial charge < -0.3 is 10.6 Å². The van der Waals surface area contributed by atoms with Crippen molar-refractivity contribution < 1.29 is 9.59 Å². The van der Waals surface area contributed by atoms with Crippen LogP contribution in [0, 0.1) is 0 Å². The van der Waals surface area contributed by atoms with E-state index in [9.17, 15) is 9.59 Å². The van der Waals surface area contributed by atoms with Crippen LogP contribution in [0.5, 0.6) is 0 Å². The highest BCUT2D eigenvalue weighted by Gasteiger charge is 2.12. The van der Waals surface area contributed by atoms with E-state index in [2.05, 4.69) is 25.8 Å². The third-order valence-electron chi connectivity index (χ3n) is 4.51. The number of halogens is 1. The number of pyridine rings is 1. The predicted molar refractivity (Wildman–Crippen MR) is 117 cm³/mol. The quantitative estimate of drug-likeness (QED) is 0.409. The van der Waals surface area contributed by atoms with E-state index in [0.29, 0.717) is 35.0 Å². The number of nitrogens with zero attached hydrogens (tertiary/aromatic N) is 2. The van der Waals surface area contributed by atoms with Gasteiger partial charge in [-0.25, -0.2) is 0 Å². The molecule has 0 spiro atoms. The van der Waals surface area contributed by atoms with E-state index in [0.717, 1.165) is 21.3 Å². The molecule has 7 nitrogen and oxygen atoms in total.